The van der Waals surface area contributed by atoms with Crippen LogP contribution in [0, 0.1) is 29.6 Å². The van der Waals surface area contributed by atoms with E-state index < -0.39 is 0 Å². The minimum Gasteiger partial charge on any atom is -0.397 e. The molecule has 0 spiro atoms. The number of anilines is 1. The molecule has 0 saturated heterocycles. The normalized spacial score (nSPS) is 10.8. The van der Waals surface area contributed by atoms with Gasteiger partial charge in [0.1, 0.15) is 12.1 Å². The number of benzene rings is 1. The summed E-state index contributed by atoms with van der Waals surface area (Å²) in [5.41, 5.74) is 9.78. The van der Waals surface area contributed by atoms with Crippen molar-refractivity contribution in [2.75, 3.05) is 5.73 Å². The quantitative estimate of drug-likeness (QED) is 0.786. The predicted molar refractivity (Wildman–Crippen MR) is 69.0 cm³/mol. The lowest BCUT2D eigenvalue weighted by Crippen LogP contribution is -2.02. The van der Waals surface area contributed by atoms with Crippen LogP contribution in [-0.2, 0) is 0 Å². The van der Waals surface area contributed by atoms with E-state index >= 15 is 0 Å². The molecule has 1 aromatic rings. The van der Waals surface area contributed by atoms with Gasteiger partial charge in [-0.25, -0.2) is 0 Å². The molecule has 0 amide bonds. The van der Waals surface area contributed by atoms with Gasteiger partial charge in [-0.05, 0) is 37.5 Å². The van der Waals surface area contributed by atoms with Crippen LogP contribution >= 0.6 is 0 Å². The number of aryl methyl sites for hydroxylation is 1. The number of hydrogen-bond donors (Lipinski definition) is 1. The Morgan fingerprint density at radius 3 is 2.47 bits per heavy atom. The number of nitriles is 2. The fourth-order valence-corrected chi connectivity index (χ4v) is 1.98. The Morgan fingerprint density at radius 2 is 2.06 bits per heavy atom. The van der Waals surface area contributed by atoms with Crippen LogP contribution in [0.3, 0.4) is 0 Å². The third-order valence-corrected chi connectivity index (χ3v) is 2.85. The molecule has 0 aromatic heterocycles. The molecule has 0 bridgehead atoms. The summed E-state index contributed by atoms with van der Waals surface area (Å²) in [5.74, 6) is 0. The Bertz CT molecular complexity index is 554. The molecule has 1 aromatic carbocycles. The van der Waals surface area contributed by atoms with Gasteiger partial charge < -0.3 is 5.73 Å². The zero-order chi connectivity index (χ0) is 13.0. The molecule has 1 rings (SSSR count). The minimum atomic E-state index is 0.281. The standard InChI is InChI=1S/C14H15N3/c1-4-10(5-2)13-9(3)6-11(7-15)14(17)12(13)8-16/h4,6H,5,17H2,1-3H3. The second kappa shape index (κ2) is 5.18. The monoisotopic (exact) mass is 225 g/mol. The molecular weight excluding hydrogens is 210 g/mol. The molecule has 17 heavy (non-hydrogen) atoms. The van der Waals surface area contributed by atoms with Crippen molar-refractivity contribution in [1.29, 1.82) is 10.5 Å². The maximum atomic E-state index is 9.22. The average Bonchev–Trinajstić information content (AvgIpc) is 2.34. The van der Waals surface area contributed by atoms with Crippen molar-refractivity contribution in [2.24, 2.45) is 0 Å². The Labute approximate surface area is 102 Å². The second-order valence-corrected chi connectivity index (χ2v) is 3.80. The molecule has 0 heterocycles. The van der Waals surface area contributed by atoms with E-state index in [1.54, 1.807) is 6.07 Å². The van der Waals surface area contributed by atoms with Crippen LogP contribution in [0.1, 0.15) is 42.5 Å². The molecule has 86 valence electrons. The summed E-state index contributed by atoms with van der Waals surface area (Å²) in [7, 11) is 0. The molecule has 3 nitrogen and oxygen atoms in total. The largest absolute Gasteiger partial charge is 0.397 e. The summed E-state index contributed by atoms with van der Waals surface area (Å²) in [6, 6.07) is 5.87. The smallest absolute Gasteiger partial charge is 0.102 e. The Hall–Kier alpha value is -2.26. The van der Waals surface area contributed by atoms with Crippen molar-refractivity contribution in [1.82, 2.24) is 0 Å². The van der Waals surface area contributed by atoms with E-state index in [-0.39, 0.29) is 5.69 Å². The molecule has 3 heteroatoms. The van der Waals surface area contributed by atoms with E-state index in [1.165, 1.54) is 0 Å². The van der Waals surface area contributed by atoms with Gasteiger partial charge >= 0.3 is 0 Å². The number of nitrogen functional groups attached to an aromatic ring is 1. The van der Waals surface area contributed by atoms with Crippen LogP contribution in [0.5, 0.6) is 0 Å². The summed E-state index contributed by atoms with van der Waals surface area (Å²) in [6.07, 6.45) is 2.81. The zero-order valence-electron chi connectivity index (χ0n) is 10.3. The number of hydrogen-bond acceptors (Lipinski definition) is 3. The van der Waals surface area contributed by atoms with Gasteiger partial charge in [0, 0.05) is 5.56 Å². The third-order valence-electron chi connectivity index (χ3n) is 2.85. The van der Waals surface area contributed by atoms with E-state index in [0.29, 0.717) is 11.1 Å². The van der Waals surface area contributed by atoms with Crippen LogP contribution in [-0.4, -0.2) is 0 Å². The van der Waals surface area contributed by atoms with Gasteiger partial charge in [-0.15, -0.1) is 0 Å². The zero-order valence-corrected chi connectivity index (χ0v) is 10.3. The Balaban J connectivity index is 3.70. The van der Waals surface area contributed by atoms with Gasteiger partial charge in [0.2, 0.25) is 0 Å². The molecule has 0 fully saturated rings. The van der Waals surface area contributed by atoms with Crippen LogP contribution in [0.25, 0.3) is 5.57 Å². The summed E-state index contributed by atoms with van der Waals surface area (Å²) >= 11 is 0. The first-order valence-electron chi connectivity index (χ1n) is 5.49. The van der Waals surface area contributed by atoms with Crippen molar-refractivity contribution >= 4 is 11.3 Å². The first kappa shape index (κ1) is 12.8. The molecule has 0 radical (unpaired) electrons. The van der Waals surface area contributed by atoms with Gasteiger partial charge in [-0.3, -0.25) is 0 Å². The maximum absolute atomic E-state index is 9.22. The van der Waals surface area contributed by atoms with Gasteiger partial charge in [0.05, 0.1) is 16.8 Å². The number of rotatable bonds is 2. The third kappa shape index (κ3) is 2.14. The van der Waals surface area contributed by atoms with Crippen molar-refractivity contribution in [3.63, 3.8) is 0 Å². The van der Waals surface area contributed by atoms with Crippen molar-refractivity contribution in [2.45, 2.75) is 27.2 Å². The SMILES string of the molecule is CC=C(CC)c1c(C)cc(C#N)c(N)c1C#N. The van der Waals surface area contributed by atoms with Crippen molar-refractivity contribution in [3.8, 4) is 12.1 Å². The molecule has 0 unspecified atom stereocenters. The molecule has 0 saturated carbocycles. The van der Waals surface area contributed by atoms with Gasteiger partial charge in [0.15, 0.2) is 0 Å². The fraction of sp³-hybridized carbons (Fsp3) is 0.286. The highest BCUT2D eigenvalue weighted by Gasteiger charge is 2.15. The maximum Gasteiger partial charge on any atom is 0.102 e. The van der Waals surface area contributed by atoms with Crippen molar-refractivity contribution < 1.29 is 0 Å². The Kier molecular flexibility index (Phi) is 3.91. The average molecular weight is 225 g/mol. The van der Waals surface area contributed by atoms with E-state index in [1.807, 2.05) is 32.9 Å². The van der Waals surface area contributed by atoms with Gasteiger partial charge in [0.25, 0.3) is 0 Å². The molecule has 2 N–H and O–H groups in total. The van der Waals surface area contributed by atoms with E-state index in [9.17, 15) is 5.26 Å². The lowest BCUT2D eigenvalue weighted by atomic mass is 9.90. The topological polar surface area (TPSA) is 73.6 Å². The Morgan fingerprint density at radius 1 is 1.41 bits per heavy atom. The van der Waals surface area contributed by atoms with Crippen LogP contribution < -0.4 is 5.73 Å². The van der Waals surface area contributed by atoms with Crippen LogP contribution in [0.15, 0.2) is 12.1 Å². The number of nitrogens with zero attached hydrogens (tertiary/aromatic N) is 2. The molecule has 0 aliphatic heterocycles. The van der Waals surface area contributed by atoms with E-state index in [4.69, 9.17) is 11.0 Å². The number of nitrogens with two attached hydrogens (primary N) is 1. The summed E-state index contributed by atoms with van der Waals surface area (Å²) in [6.45, 7) is 5.87. The van der Waals surface area contributed by atoms with Gasteiger partial charge in [-0.1, -0.05) is 13.0 Å². The summed E-state index contributed by atoms with van der Waals surface area (Å²) in [4.78, 5) is 0. The van der Waals surface area contributed by atoms with Crippen LogP contribution in [0.4, 0.5) is 5.69 Å². The van der Waals surface area contributed by atoms with Crippen LogP contribution in [0.2, 0.25) is 0 Å². The molecule has 0 atom stereocenters. The summed E-state index contributed by atoms with van der Waals surface area (Å²) < 4.78 is 0. The predicted octanol–water partition coefficient (Wildman–Crippen LogP) is 3.13. The van der Waals surface area contributed by atoms with E-state index in [2.05, 4.69) is 6.07 Å². The highest BCUT2D eigenvalue weighted by Crippen LogP contribution is 2.31. The second-order valence-electron chi connectivity index (χ2n) is 3.80. The van der Waals surface area contributed by atoms with Crippen molar-refractivity contribution in [3.05, 3.63) is 34.4 Å². The van der Waals surface area contributed by atoms with E-state index in [0.717, 1.165) is 23.1 Å². The minimum absolute atomic E-state index is 0.281. The molecule has 0 aliphatic carbocycles. The highest BCUT2D eigenvalue weighted by molar-refractivity contribution is 5.80. The first-order valence-corrected chi connectivity index (χ1v) is 5.49. The summed E-state index contributed by atoms with van der Waals surface area (Å²) in [5, 5.41) is 18.2. The fourth-order valence-electron chi connectivity index (χ4n) is 1.98. The molecule has 0 aliphatic rings. The lowest BCUT2D eigenvalue weighted by molar-refractivity contribution is 1.21. The lowest BCUT2D eigenvalue weighted by Gasteiger charge is -2.13. The highest BCUT2D eigenvalue weighted by atomic mass is 14.6. The van der Waals surface area contributed by atoms with Gasteiger partial charge in [-0.2, -0.15) is 10.5 Å². The molecular formula is C14H15N3. The first-order chi connectivity index (χ1) is 8.10. The number of allylic oxidation sites excluding steroid dienone is 2.